The van der Waals surface area contributed by atoms with Gasteiger partial charge in [-0.1, -0.05) is 30.7 Å². The summed E-state index contributed by atoms with van der Waals surface area (Å²) in [5.74, 6) is 0. The Bertz CT molecular complexity index is 359. The number of halogens is 1. The summed E-state index contributed by atoms with van der Waals surface area (Å²) in [5, 5.41) is 7.89. The van der Waals surface area contributed by atoms with Gasteiger partial charge in [0, 0.05) is 17.6 Å². The van der Waals surface area contributed by atoms with E-state index in [1.54, 1.807) is 0 Å². The van der Waals surface area contributed by atoms with Gasteiger partial charge in [0.15, 0.2) is 0 Å². The van der Waals surface area contributed by atoms with Crippen LogP contribution in [0.15, 0.2) is 18.2 Å². The number of piperidine rings is 1. The fourth-order valence-electron chi connectivity index (χ4n) is 2.30. The number of hydrogen-bond donors (Lipinski definition) is 2. The predicted molar refractivity (Wildman–Crippen MR) is 73.6 cm³/mol. The van der Waals surface area contributed by atoms with E-state index in [0.717, 1.165) is 31.1 Å². The SMILES string of the molecule is CCc1cc(CNC2CCNCC2)ccc1Cl. The molecule has 2 N–H and O–H groups in total. The summed E-state index contributed by atoms with van der Waals surface area (Å²) in [6.45, 7) is 5.37. The van der Waals surface area contributed by atoms with Crippen LogP contribution in [0.5, 0.6) is 0 Å². The maximum absolute atomic E-state index is 6.12. The van der Waals surface area contributed by atoms with Crippen molar-refractivity contribution in [2.75, 3.05) is 13.1 Å². The van der Waals surface area contributed by atoms with Gasteiger partial charge >= 0.3 is 0 Å². The van der Waals surface area contributed by atoms with Gasteiger partial charge in [-0.25, -0.2) is 0 Å². The smallest absolute Gasteiger partial charge is 0.0438 e. The zero-order valence-electron chi connectivity index (χ0n) is 10.4. The number of rotatable bonds is 4. The van der Waals surface area contributed by atoms with Crippen LogP contribution in [0.3, 0.4) is 0 Å². The number of aryl methyl sites for hydroxylation is 1. The van der Waals surface area contributed by atoms with E-state index in [4.69, 9.17) is 11.6 Å². The lowest BCUT2D eigenvalue weighted by atomic mass is 10.1. The van der Waals surface area contributed by atoms with E-state index < -0.39 is 0 Å². The molecule has 0 amide bonds. The lowest BCUT2D eigenvalue weighted by Crippen LogP contribution is -2.39. The molecule has 2 rings (SSSR count). The molecule has 0 unspecified atom stereocenters. The van der Waals surface area contributed by atoms with Crippen LogP contribution in [0, 0.1) is 0 Å². The van der Waals surface area contributed by atoms with Crippen LogP contribution in [0.1, 0.15) is 30.9 Å². The van der Waals surface area contributed by atoms with Crippen molar-refractivity contribution >= 4 is 11.6 Å². The summed E-state index contributed by atoms with van der Waals surface area (Å²) in [6, 6.07) is 7.02. The maximum Gasteiger partial charge on any atom is 0.0438 e. The molecule has 0 bridgehead atoms. The van der Waals surface area contributed by atoms with Crippen molar-refractivity contribution in [1.29, 1.82) is 0 Å². The van der Waals surface area contributed by atoms with E-state index in [9.17, 15) is 0 Å². The minimum absolute atomic E-state index is 0.664. The van der Waals surface area contributed by atoms with Gasteiger partial charge in [0.05, 0.1) is 0 Å². The Kier molecular flexibility index (Phi) is 4.84. The molecular formula is C14H21ClN2. The van der Waals surface area contributed by atoms with Crippen LogP contribution in [-0.4, -0.2) is 19.1 Å². The average Bonchev–Trinajstić information content (AvgIpc) is 2.39. The van der Waals surface area contributed by atoms with Crippen molar-refractivity contribution in [2.45, 2.75) is 38.8 Å². The molecule has 0 saturated carbocycles. The third-order valence-electron chi connectivity index (χ3n) is 3.43. The second-order valence-electron chi connectivity index (χ2n) is 4.68. The molecular weight excluding hydrogens is 232 g/mol. The standard InChI is InChI=1S/C14H21ClN2/c1-2-12-9-11(3-4-14(12)15)10-17-13-5-7-16-8-6-13/h3-4,9,13,16-17H,2,5-8,10H2,1H3. The van der Waals surface area contributed by atoms with Crippen LogP contribution < -0.4 is 10.6 Å². The Hall–Kier alpha value is -0.570. The highest BCUT2D eigenvalue weighted by atomic mass is 35.5. The van der Waals surface area contributed by atoms with Gasteiger partial charge < -0.3 is 10.6 Å². The first-order valence-corrected chi connectivity index (χ1v) is 6.89. The summed E-state index contributed by atoms with van der Waals surface area (Å²) in [7, 11) is 0. The summed E-state index contributed by atoms with van der Waals surface area (Å²) in [6.07, 6.45) is 3.46. The second kappa shape index (κ2) is 6.39. The van der Waals surface area contributed by atoms with E-state index in [-0.39, 0.29) is 0 Å². The molecule has 0 atom stereocenters. The van der Waals surface area contributed by atoms with E-state index in [0.29, 0.717) is 6.04 Å². The molecule has 0 radical (unpaired) electrons. The average molecular weight is 253 g/mol. The molecule has 0 aliphatic carbocycles. The summed E-state index contributed by atoms with van der Waals surface area (Å²) in [5.41, 5.74) is 2.58. The van der Waals surface area contributed by atoms with Crippen molar-refractivity contribution in [3.63, 3.8) is 0 Å². The van der Waals surface area contributed by atoms with Crippen LogP contribution in [0.2, 0.25) is 5.02 Å². The minimum atomic E-state index is 0.664. The highest BCUT2D eigenvalue weighted by molar-refractivity contribution is 6.31. The fourth-order valence-corrected chi connectivity index (χ4v) is 2.55. The molecule has 1 aliphatic rings. The first-order chi connectivity index (χ1) is 8.29. The number of nitrogens with one attached hydrogen (secondary N) is 2. The van der Waals surface area contributed by atoms with Gasteiger partial charge in [0.2, 0.25) is 0 Å². The molecule has 0 spiro atoms. The highest BCUT2D eigenvalue weighted by Gasteiger charge is 2.11. The first kappa shape index (κ1) is 12.9. The number of benzene rings is 1. The lowest BCUT2D eigenvalue weighted by molar-refractivity contribution is 0.386. The highest BCUT2D eigenvalue weighted by Crippen LogP contribution is 2.18. The molecule has 0 aromatic heterocycles. The molecule has 1 aliphatic heterocycles. The van der Waals surface area contributed by atoms with Gasteiger partial charge in [0.1, 0.15) is 0 Å². The number of hydrogen-bond acceptors (Lipinski definition) is 2. The van der Waals surface area contributed by atoms with Gasteiger partial charge in [0.25, 0.3) is 0 Å². The lowest BCUT2D eigenvalue weighted by Gasteiger charge is -2.23. The van der Waals surface area contributed by atoms with Crippen LogP contribution in [0.4, 0.5) is 0 Å². The minimum Gasteiger partial charge on any atom is -0.317 e. The quantitative estimate of drug-likeness (QED) is 0.861. The zero-order valence-corrected chi connectivity index (χ0v) is 11.2. The van der Waals surface area contributed by atoms with Gasteiger partial charge in [-0.15, -0.1) is 0 Å². The maximum atomic E-state index is 6.12. The van der Waals surface area contributed by atoms with E-state index in [2.05, 4.69) is 29.7 Å². The Morgan fingerprint density at radius 1 is 1.35 bits per heavy atom. The molecule has 94 valence electrons. The third kappa shape index (κ3) is 3.70. The monoisotopic (exact) mass is 252 g/mol. The first-order valence-electron chi connectivity index (χ1n) is 6.51. The molecule has 1 aromatic rings. The Morgan fingerprint density at radius 2 is 2.12 bits per heavy atom. The zero-order chi connectivity index (χ0) is 12.1. The Labute approximate surface area is 109 Å². The van der Waals surface area contributed by atoms with Crippen molar-refractivity contribution < 1.29 is 0 Å². The van der Waals surface area contributed by atoms with E-state index in [1.165, 1.54) is 24.0 Å². The van der Waals surface area contributed by atoms with E-state index >= 15 is 0 Å². The topological polar surface area (TPSA) is 24.1 Å². The molecule has 1 saturated heterocycles. The van der Waals surface area contributed by atoms with Crippen LogP contribution >= 0.6 is 11.6 Å². The molecule has 2 nitrogen and oxygen atoms in total. The van der Waals surface area contributed by atoms with Crippen LogP contribution in [0.25, 0.3) is 0 Å². The molecule has 1 heterocycles. The molecule has 17 heavy (non-hydrogen) atoms. The van der Waals surface area contributed by atoms with Crippen molar-refractivity contribution in [1.82, 2.24) is 10.6 Å². The molecule has 3 heteroatoms. The normalized spacial score (nSPS) is 17.3. The predicted octanol–water partition coefficient (Wildman–Crippen LogP) is 2.74. The van der Waals surface area contributed by atoms with Gasteiger partial charge in [-0.3, -0.25) is 0 Å². The summed E-state index contributed by atoms with van der Waals surface area (Å²) >= 11 is 6.12. The van der Waals surface area contributed by atoms with Gasteiger partial charge in [-0.2, -0.15) is 0 Å². The second-order valence-corrected chi connectivity index (χ2v) is 5.09. The largest absolute Gasteiger partial charge is 0.317 e. The van der Waals surface area contributed by atoms with Crippen LogP contribution in [-0.2, 0) is 13.0 Å². The summed E-state index contributed by atoms with van der Waals surface area (Å²) in [4.78, 5) is 0. The van der Waals surface area contributed by atoms with Crippen molar-refractivity contribution in [3.8, 4) is 0 Å². The Balaban J connectivity index is 1.89. The third-order valence-corrected chi connectivity index (χ3v) is 3.79. The Morgan fingerprint density at radius 3 is 2.82 bits per heavy atom. The summed E-state index contributed by atoms with van der Waals surface area (Å²) < 4.78 is 0. The molecule has 1 fully saturated rings. The molecule has 1 aromatic carbocycles. The van der Waals surface area contributed by atoms with E-state index in [1.807, 2.05) is 6.07 Å². The van der Waals surface area contributed by atoms with Crippen molar-refractivity contribution in [3.05, 3.63) is 34.3 Å². The fraction of sp³-hybridized carbons (Fsp3) is 0.571. The van der Waals surface area contributed by atoms with Crippen molar-refractivity contribution in [2.24, 2.45) is 0 Å². The van der Waals surface area contributed by atoms with Gasteiger partial charge in [-0.05, 0) is 49.5 Å².